The lowest BCUT2D eigenvalue weighted by Crippen LogP contribution is -2.13. The highest BCUT2D eigenvalue weighted by atomic mass is 35.5. The number of amides is 1. The van der Waals surface area contributed by atoms with Crippen LogP contribution in [0.4, 0.5) is 17.3 Å². The van der Waals surface area contributed by atoms with E-state index >= 15 is 0 Å². The summed E-state index contributed by atoms with van der Waals surface area (Å²) >= 11 is 6.13. The highest BCUT2D eigenvalue weighted by molar-refractivity contribution is 6.33. The minimum Gasteiger partial charge on any atom is -0.465 e. The molecule has 0 unspecified atom stereocenters. The zero-order valence-electron chi connectivity index (χ0n) is 14.3. The maximum atomic E-state index is 12.2. The summed E-state index contributed by atoms with van der Waals surface area (Å²) in [6.45, 7) is 0. The number of para-hydroxylation sites is 1. The third-order valence-electron chi connectivity index (χ3n) is 3.58. The van der Waals surface area contributed by atoms with Crippen molar-refractivity contribution < 1.29 is 14.3 Å². The van der Waals surface area contributed by atoms with Crippen LogP contribution >= 0.6 is 11.6 Å². The molecule has 136 valence electrons. The summed E-state index contributed by atoms with van der Waals surface area (Å²) < 4.78 is 4.69. The zero-order valence-corrected chi connectivity index (χ0v) is 15.0. The number of methoxy groups -OCH3 is 1. The van der Waals surface area contributed by atoms with E-state index in [1.54, 1.807) is 24.3 Å². The van der Waals surface area contributed by atoms with Gasteiger partial charge in [-0.1, -0.05) is 29.8 Å². The number of nitrogens with zero attached hydrogens (tertiary/aromatic N) is 2. The van der Waals surface area contributed by atoms with E-state index in [0.717, 1.165) is 0 Å². The number of rotatable bonds is 5. The molecular formula is C19H15ClN4O3. The van der Waals surface area contributed by atoms with Crippen LogP contribution in [0.3, 0.4) is 0 Å². The normalized spacial score (nSPS) is 10.1. The summed E-state index contributed by atoms with van der Waals surface area (Å²) in [4.78, 5) is 32.1. The third-order valence-corrected chi connectivity index (χ3v) is 3.91. The number of carbonyl (C=O) groups is 2. The van der Waals surface area contributed by atoms with E-state index in [-0.39, 0.29) is 11.9 Å². The number of halogens is 1. The first-order chi connectivity index (χ1) is 13.1. The monoisotopic (exact) mass is 382 g/mol. The average molecular weight is 383 g/mol. The lowest BCUT2D eigenvalue weighted by atomic mass is 10.2. The Hall–Kier alpha value is -3.45. The molecular weight excluding hydrogens is 368 g/mol. The van der Waals surface area contributed by atoms with Crippen molar-refractivity contribution in [3.8, 4) is 0 Å². The molecule has 0 bridgehead atoms. The Bertz CT molecular complexity index is 962. The first-order valence-corrected chi connectivity index (χ1v) is 8.28. The van der Waals surface area contributed by atoms with Crippen molar-refractivity contribution in [2.75, 3.05) is 17.7 Å². The Kier molecular flexibility index (Phi) is 5.63. The van der Waals surface area contributed by atoms with Crippen LogP contribution in [-0.4, -0.2) is 29.0 Å². The number of aromatic nitrogens is 2. The van der Waals surface area contributed by atoms with Crippen molar-refractivity contribution in [2.45, 2.75) is 0 Å². The smallest absolute Gasteiger partial charge is 0.337 e. The number of hydrogen-bond acceptors (Lipinski definition) is 6. The molecule has 0 atom stereocenters. The molecule has 8 heteroatoms. The number of ether oxygens (including phenoxy) is 1. The van der Waals surface area contributed by atoms with Crippen LogP contribution in [-0.2, 0) is 4.74 Å². The molecule has 3 aromatic rings. The Labute approximate surface area is 160 Å². The van der Waals surface area contributed by atoms with E-state index in [9.17, 15) is 9.59 Å². The molecule has 1 heterocycles. The summed E-state index contributed by atoms with van der Waals surface area (Å²) in [5, 5.41) is 6.05. The largest absolute Gasteiger partial charge is 0.465 e. The molecule has 0 saturated heterocycles. The number of nitrogens with one attached hydrogen (secondary N) is 2. The first-order valence-electron chi connectivity index (χ1n) is 7.90. The molecule has 27 heavy (non-hydrogen) atoms. The minimum absolute atomic E-state index is 0.232. The van der Waals surface area contributed by atoms with E-state index in [2.05, 4.69) is 25.3 Å². The zero-order chi connectivity index (χ0) is 19.2. The summed E-state index contributed by atoms with van der Waals surface area (Å²) in [7, 11) is 1.30. The fourth-order valence-electron chi connectivity index (χ4n) is 2.22. The standard InChI is InChI=1S/C19H15ClN4O3/c1-27-18(26)12-7-8-15(20)16(9-12)24-19-21-10-13(11-22-19)17(25)23-14-5-3-2-4-6-14/h2-11H,1H3,(H,23,25)(H,21,22,24). The predicted molar refractivity (Wildman–Crippen MR) is 103 cm³/mol. The lowest BCUT2D eigenvalue weighted by Gasteiger charge is -2.09. The Morgan fingerprint density at radius 2 is 1.70 bits per heavy atom. The molecule has 2 N–H and O–H groups in total. The molecule has 3 rings (SSSR count). The second-order valence-electron chi connectivity index (χ2n) is 5.43. The highest BCUT2D eigenvalue weighted by Crippen LogP contribution is 2.25. The Morgan fingerprint density at radius 1 is 1.00 bits per heavy atom. The molecule has 7 nitrogen and oxygen atoms in total. The van der Waals surface area contributed by atoms with Crippen molar-refractivity contribution in [3.63, 3.8) is 0 Å². The van der Waals surface area contributed by atoms with Crippen LogP contribution in [0.1, 0.15) is 20.7 Å². The topological polar surface area (TPSA) is 93.2 Å². The molecule has 0 aliphatic heterocycles. The molecule has 1 amide bonds. The maximum Gasteiger partial charge on any atom is 0.337 e. The second-order valence-corrected chi connectivity index (χ2v) is 5.83. The SMILES string of the molecule is COC(=O)c1ccc(Cl)c(Nc2ncc(C(=O)Nc3ccccc3)cn2)c1. The van der Waals surface area contributed by atoms with Gasteiger partial charge < -0.3 is 15.4 Å². The van der Waals surface area contributed by atoms with Crippen molar-refractivity contribution >= 4 is 40.8 Å². The van der Waals surface area contributed by atoms with Gasteiger partial charge in [0, 0.05) is 18.1 Å². The number of anilines is 3. The Balaban J connectivity index is 1.72. The average Bonchev–Trinajstić information content (AvgIpc) is 2.70. The van der Waals surface area contributed by atoms with Gasteiger partial charge >= 0.3 is 5.97 Å². The Morgan fingerprint density at radius 3 is 2.37 bits per heavy atom. The molecule has 0 saturated carbocycles. The van der Waals surface area contributed by atoms with E-state index in [1.807, 2.05) is 18.2 Å². The summed E-state index contributed by atoms with van der Waals surface area (Å²) in [5.41, 5.74) is 1.76. The van der Waals surface area contributed by atoms with Crippen LogP contribution in [0.2, 0.25) is 5.02 Å². The summed E-state index contributed by atoms with van der Waals surface area (Å²) in [5.74, 6) is -0.572. The third kappa shape index (κ3) is 4.59. The highest BCUT2D eigenvalue weighted by Gasteiger charge is 2.11. The van der Waals surface area contributed by atoms with Gasteiger partial charge in [-0.15, -0.1) is 0 Å². The van der Waals surface area contributed by atoms with Crippen molar-refractivity contribution in [1.82, 2.24) is 9.97 Å². The predicted octanol–water partition coefficient (Wildman–Crippen LogP) is 3.91. The number of benzene rings is 2. The molecule has 0 aliphatic rings. The number of carbonyl (C=O) groups excluding carboxylic acids is 2. The van der Waals surface area contributed by atoms with Gasteiger partial charge in [-0.3, -0.25) is 4.79 Å². The van der Waals surface area contributed by atoms with Crippen LogP contribution in [0.25, 0.3) is 0 Å². The van der Waals surface area contributed by atoms with Gasteiger partial charge in [0.25, 0.3) is 5.91 Å². The van der Waals surface area contributed by atoms with Crippen LogP contribution in [0, 0.1) is 0 Å². The lowest BCUT2D eigenvalue weighted by molar-refractivity contribution is 0.0600. The fraction of sp³-hybridized carbons (Fsp3) is 0.0526. The first kappa shape index (κ1) is 18.3. The summed E-state index contributed by atoms with van der Waals surface area (Å²) in [6, 6.07) is 13.7. The van der Waals surface area contributed by atoms with Crippen LogP contribution in [0.5, 0.6) is 0 Å². The summed E-state index contributed by atoms with van der Waals surface area (Å²) in [6.07, 6.45) is 2.79. The quantitative estimate of drug-likeness (QED) is 0.650. The van der Waals surface area contributed by atoms with Crippen molar-refractivity contribution in [2.24, 2.45) is 0 Å². The number of hydrogen-bond donors (Lipinski definition) is 2. The fourth-order valence-corrected chi connectivity index (χ4v) is 2.39. The van der Waals surface area contributed by atoms with Crippen molar-refractivity contribution in [1.29, 1.82) is 0 Å². The molecule has 1 aromatic heterocycles. The molecule has 2 aromatic carbocycles. The van der Waals surface area contributed by atoms with E-state index < -0.39 is 5.97 Å². The van der Waals surface area contributed by atoms with Crippen LogP contribution in [0.15, 0.2) is 60.9 Å². The maximum absolute atomic E-state index is 12.2. The van der Waals surface area contributed by atoms with E-state index in [0.29, 0.717) is 27.5 Å². The van der Waals surface area contributed by atoms with Crippen LogP contribution < -0.4 is 10.6 Å². The van der Waals surface area contributed by atoms with Gasteiger partial charge in [-0.25, -0.2) is 14.8 Å². The van der Waals surface area contributed by atoms with E-state index in [1.165, 1.54) is 25.6 Å². The van der Waals surface area contributed by atoms with Gasteiger partial charge in [0.15, 0.2) is 0 Å². The van der Waals surface area contributed by atoms with Gasteiger partial charge in [-0.2, -0.15) is 0 Å². The van der Waals surface area contributed by atoms with Gasteiger partial charge in [0.1, 0.15) is 0 Å². The molecule has 0 radical (unpaired) electrons. The molecule has 0 spiro atoms. The second kappa shape index (κ2) is 8.29. The molecule has 0 fully saturated rings. The van der Waals surface area contributed by atoms with Gasteiger partial charge in [0.05, 0.1) is 28.9 Å². The van der Waals surface area contributed by atoms with Gasteiger partial charge in [0.2, 0.25) is 5.95 Å². The van der Waals surface area contributed by atoms with E-state index in [4.69, 9.17) is 11.6 Å². The van der Waals surface area contributed by atoms with Gasteiger partial charge in [-0.05, 0) is 30.3 Å². The minimum atomic E-state index is -0.483. The molecule has 0 aliphatic carbocycles. The number of esters is 1. The van der Waals surface area contributed by atoms with Crippen molar-refractivity contribution in [3.05, 3.63) is 77.1 Å².